The van der Waals surface area contributed by atoms with Crippen molar-refractivity contribution in [1.29, 1.82) is 0 Å². The van der Waals surface area contributed by atoms with Crippen LogP contribution in [0.5, 0.6) is 0 Å². The normalized spacial score (nSPS) is 19.1. The predicted molar refractivity (Wildman–Crippen MR) is 105 cm³/mol. The highest BCUT2D eigenvalue weighted by atomic mass is 79.9. The number of nitrogens with zero attached hydrogens (tertiary/aromatic N) is 2. The smallest absolute Gasteiger partial charge is 0.320 e. The van der Waals surface area contributed by atoms with Gasteiger partial charge in [-0.3, -0.25) is 4.79 Å². The topological polar surface area (TPSA) is 69.5 Å². The highest BCUT2D eigenvalue weighted by Gasteiger charge is 2.49. The molecule has 0 fully saturated rings. The van der Waals surface area contributed by atoms with Crippen LogP contribution in [0.25, 0.3) is 0 Å². The predicted octanol–water partition coefficient (Wildman–Crippen LogP) is 3.23. The van der Waals surface area contributed by atoms with E-state index in [1.807, 2.05) is 13.8 Å². The second-order valence-corrected chi connectivity index (χ2v) is 8.56. The first-order valence-electron chi connectivity index (χ1n) is 8.34. The molecule has 3 rings (SSSR count). The zero-order valence-electron chi connectivity index (χ0n) is 14.7. The van der Waals surface area contributed by atoms with Crippen LogP contribution in [0.3, 0.4) is 0 Å². The Kier molecular flexibility index (Phi) is 5.81. The van der Waals surface area contributed by atoms with Gasteiger partial charge < -0.3 is 5.32 Å². The number of amides is 4. The first-order chi connectivity index (χ1) is 12.8. The van der Waals surface area contributed by atoms with E-state index in [4.69, 9.17) is 0 Å². The third-order valence-electron chi connectivity index (χ3n) is 4.04. The van der Waals surface area contributed by atoms with E-state index in [2.05, 4.69) is 21.2 Å². The number of halogens is 2. The number of imide groups is 1. The number of anilines is 1. The number of nitrogens with one attached hydrogen (secondary N) is 1. The number of hydrogen-bond donors (Lipinski definition) is 1. The number of hydrogen-bond acceptors (Lipinski definition) is 4. The van der Waals surface area contributed by atoms with E-state index in [1.54, 1.807) is 17.6 Å². The van der Waals surface area contributed by atoms with Gasteiger partial charge in [0.25, 0.3) is 5.91 Å². The van der Waals surface area contributed by atoms with Crippen molar-refractivity contribution in [3.63, 3.8) is 0 Å². The molecule has 9 heteroatoms. The molecule has 0 bridgehead atoms. The minimum atomic E-state index is -0.582. The van der Waals surface area contributed by atoms with Crippen molar-refractivity contribution in [2.75, 3.05) is 18.4 Å². The summed E-state index contributed by atoms with van der Waals surface area (Å²) in [5.41, 5.74) is 0.516. The van der Waals surface area contributed by atoms with Gasteiger partial charge >= 0.3 is 11.9 Å². The summed E-state index contributed by atoms with van der Waals surface area (Å²) >= 11 is 4.46. The number of rotatable bonds is 5. The molecular formula is C18H18BrFN3O3S+. The summed E-state index contributed by atoms with van der Waals surface area (Å²) in [6.45, 7) is 3.80. The van der Waals surface area contributed by atoms with E-state index >= 15 is 0 Å². The van der Waals surface area contributed by atoms with Crippen LogP contribution in [0.15, 0.2) is 34.2 Å². The molecule has 2 heterocycles. The lowest BCUT2D eigenvalue weighted by Crippen LogP contribution is -2.57. The summed E-state index contributed by atoms with van der Waals surface area (Å²) in [5.74, 6) is -1.29. The Balaban J connectivity index is 1.83. The van der Waals surface area contributed by atoms with Crippen LogP contribution in [0.4, 0.5) is 14.9 Å². The number of benzene rings is 1. The van der Waals surface area contributed by atoms with Crippen molar-refractivity contribution < 1.29 is 23.3 Å². The molecule has 1 aromatic rings. The second-order valence-electron chi connectivity index (χ2n) is 6.63. The summed E-state index contributed by atoms with van der Waals surface area (Å²) in [6.07, 6.45) is 1.67. The Morgan fingerprint density at radius 3 is 2.81 bits per heavy atom. The Hall–Kier alpha value is -2.00. The van der Waals surface area contributed by atoms with E-state index in [-0.39, 0.29) is 30.6 Å². The minimum Gasteiger partial charge on any atom is -0.320 e. The van der Waals surface area contributed by atoms with Crippen molar-refractivity contribution in [1.82, 2.24) is 4.90 Å². The second kappa shape index (κ2) is 7.93. The fraction of sp³-hybridized carbons (Fsp3) is 0.333. The van der Waals surface area contributed by atoms with Crippen LogP contribution >= 0.6 is 27.7 Å². The van der Waals surface area contributed by atoms with Crippen LogP contribution in [-0.2, 0) is 9.59 Å². The summed E-state index contributed by atoms with van der Waals surface area (Å²) in [5, 5.41) is 3.69. The molecule has 0 radical (unpaired) electrons. The molecule has 0 aromatic heterocycles. The number of carbonyl (C=O) groups excluding carboxylic acids is 3. The number of fused-ring (bicyclic) bond motifs is 1. The molecule has 0 aliphatic carbocycles. The quantitative estimate of drug-likeness (QED) is 0.693. The average Bonchev–Trinajstić information content (AvgIpc) is 3.07. The summed E-state index contributed by atoms with van der Waals surface area (Å²) in [4.78, 5) is 39.0. The van der Waals surface area contributed by atoms with E-state index in [1.165, 1.54) is 33.4 Å². The summed E-state index contributed by atoms with van der Waals surface area (Å²) in [6, 6.07) is 3.75. The Morgan fingerprint density at radius 2 is 2.15 bits per heavy atom. The van der Waals surface area contributed by atoms with Gasteiger partial charge in [0.1, 0.15) is 11.5 Å². The van der Waals surface area contributed by atoms with E-state index in [0.717, 1.165) is 0 Å². The SMILES string of the molecule is CC(C)CN1C(=O)C2SC=CC2=[N+](CC(=O)Nc2ccc(Br)cc2F)C1=O. The van der Waals surface area contributed by atoms with Crippen LogP contribution in [0, 0.1) is 11.7 Å². The van der Waals surface area contributed by atoms with Crippen molar-refractivity contribution in [2.24, 2.45) is 5.92 Å². The monoisotopic (exact) mass is 454 g/mol. The maximum Gasteiger partial charge on any atom is 0.501 e. The van der Waals surface area contributed by atoms with Crippen LogP contribution < -0.4 is 5.32 Å². The van der Waals surface area contributed by atoms with Gasteiger partial charge in [0.05, 0.1) is 12.2 Å². The van der Waals surface area contributed by atoms with Crippen molar-refractivity contribution in [3.8, 4) is 0 Å². The molecule has 6 nitrogen and oxygen atoms in total. The zero-order chi connectivity index (χ0) is 19.7. The lowest BCUT2D eigenvalue weighted by Gasteiger charge is -2.25. The third-order valence-corrected chi connectivity index (χ3v) is 5.54. The maximum absolute atomic E-state index is 13.9. The average molecular weight is 455 g/mol. The van der Waals surface area contributed by atoms with Gasteiger partial charge in [-0.2, -0.15) is 14.3 Å². The molecule has 0 spiro atoms. The third kappa shape index (κ3) is 4.14. The maximum atomic E-state index is 13.9. The van der Waals surface area contributed by atoms with E-state index in [9.17, 15) is 18.8 Å². The summed E-state index contributed by atoms with van der Waals surface area (Å²) in [7, 11) is 0. The van der Waals surface area contributed by atoms with Crippen LogP contribution in [0.1, 0.15) is 13.8 Å². The van der Waals surface area contributed by atoms with Gasteiger partial charge in [-0.15, -0.1) is 11.8 Å². The number of carbonyl (C=O) groups is 3. The van der Waals surface area contributed by atoms with Crippen molar-refractivity contribution in [2.45, 2.75) is 19.1 Å². The molecular weight excluding hydrogens is 437 g/mol. The van der Waals surface area contributed by atoms with Crippen LogP contribution in [-0.4, -0.2) is 51.4 Å². The molecule has 2 aliphatic heterocycles. The Labute approximate surface area is 168 Å². The number of urea groups is 1. The number of allylic oxidation sites excluding steroid dienone is 1. The van der Waals surface area contributed by atoms with E-state index in [0.29, 0.717) is 10.2 Å². The lowest BCUT2D eigenvalue weighted by atomic mass is 10.1. The molecule has 1 N–H and O–H groups in total. The minimum absolute atomic E-state index is 0.0284. The molecule has 142 valence electrons. The standard InChI is InChI=1S/C18H17BrFN3O3S/c1-10(2)8-23-17(25)16-14(5-6-27-16)22(18(23)26)9-15(24)21-13-4-3-11(19)7-12(13)20/h3-7,10,16H,8-9H2,1-2H3/p+1. The van der Waals surface area contributed by atoms with Gasteiger partial charge in [-0.25, -0.2) is 9.18 Å². The molecule has 1 atom stereocenters. The highest BCUT2D eigenvalue weighted by Crippen LogP contribution is 2.28. The Bertz CT molecular complexity index is 885. The molecule has 2 aliphatic rings. The first kappa shape index (κ1) is 19.8. The molecule has 0 saturated carbocycles. The van der Waals surface area contributed by atoms with Gasteiger partial charge in [0, 0.05) is 4.47 Å². The number of thioether (sulfide) groups is 1. The van der Waals surface area contributed by atoms with E-state index < -0.39 is 23.0 Å². The van der Waals surface area contributed by atoms with Gasteiger partial charge in [0.2, 0.25) is 0 Å². The molecule has 1 aromatic carbocycles. The van der Waals surface area contributed by atoms with Crippen LogP contribution in [0.2, 0.25) is 0 Å². The van der Waals surface area contributed by atoms with Gasteiger partial charge in [-0.1, -0.05) is 29.8 Å². The highest BCUT2D eigenvalue weighted by molar-refractivity contribution is 9.10. The zero-order valence-corrected chi connectivity index (χ0v) is 17.1. The molecule has 27 heavy (non-hydrogen) atoms. The molecule has 1 unspecified atom stereocenters. The largest absolute Gasteiger partial charge is 0.501 e. The van der Waals surface area contributed by atoms with Crippen molar-refractivity contribution in [3.05, 3.63) is 40.0 Å². The Morgan fingerprint density at radius 1 is 1.41 bits per heavy atom. The lowest BCUT2D eigenvalue weighted by molar-refractivity contribution is -0.426. The van der Waals surface area contributed by atoms with Crippen molar-refractivity contribution >= 4 is 56.9 Å². The van der Waals surface area contributed by atoms with Gasteiger partial charge in [0.15, 0.2) is 11.8 Å². The fourth-order valence-electron chi connectivity index (χ4n) is 2.87. The fourth-order valence-corrected chi connectivity index (χ4v) is 4.17. The first-order valence-corrected chi connectivity index (χ1v) is 10.1. The van der Waals surface area contributed by atoms with Gasteiger partial charge in [-0.05, 0) is 35.6 Å². The molecule has 4 amide bonds. The molecule has 0 saturated heterocycles. The summed E-state index contributed by atoms with van der Waals surface area (Å²) < 4.78 is 15.8.